The highest BCUT2D eigenvalue weighted by molar-refractivity contribution is 5.59. The van der Waals surface area contributed by atoms with Crippen LogP contribution in [0.3, 0.4) is 0 Å². The van der Waals surface area contributed by atoms with Crippen molar-refractivity contribution in [3.05, 3.63) is 24.5 Å². The van der Waals surface area contributed by atoms with Crippen LogP contribution in [0, 0.1) is 0 Å². The van der Waals surface area contributed by atoms with E-state index in [-0.39, 0.29) is 6.10 Å². The molecule has 0 fully saturated rings. The highest BCUT2D eigenvalue weighted by Crippen LogP contribution is 2.10. The maximum atomic E-state index is 5.30. The molecular formula is C10H14N2O. The molecular weight excluding hydrogens is 164 g/mol. The summed E-state index contributed by atoms with van der Waals surface area (Å²) in [6.45, 7) is 9.59. The van der Waals surface area contributed by atoms with Crippen molar-refractivity contribution in [1.29, 1.82) is 0 Å². The van der Waals surface area contributed by atoms with Gasteiger partial charge in [0.2, 0.25) is 0 Å². The van der Waals surface area contributed by atoms with Crippen LogP contribution in [-0.2, 0) is 0 Å². The van der Waals surface area contributed by atoms with Crippen molar-refractivity contribution in [2.45, 2.75) is 26.9 Å². The SMILES string of the molecule is C=C(C)c1cnc(OC(C)C)nc1. The molecule has 0 unspecified atom stereocenters. The minimum Gasteiger partial charge on any atom is -0.461 e. The summed E-state index contributed by atoms with van der Waals surface area (Å²) in [6.07, 6.45) is 3.54. The van der Waals surface area contributed by atoms with Crippen LogP contribution >= 0.6 is 0 Å². The Morgan fingerprint density at radius 2 is 1.92 bits per heavy atom. The summed E-state index contributed by atoms with van der Waals surface area (Å²) in [5, 5.41) is 0. The topological polar surface area (TPSA) is 35.0 Å². The summed E-state index contributed by atoms with van der Waals surface area (Å²) >= 11 is 0. The summed E-state index contributed by atoms with van der Waals surface area (Å²) in [5.74, 6) is 0. The maximum absolute atomic E-state index is 5.30. The molecule has 1 rings (SSSR count). The first-order valence-corrected chi connectivity index (χ1v) is 4.24. The van der Waals surface area contributed by atoms with Gasteiger partial charge in [0.15, 0.2) is 0 Å². The molecule has 13 heavy (non-hydrogen) atoms. The molecule has 1 aromatic heterocycles. The van der Waals surface area contributed by atoms with Crippen molar-refractivity contribution >= 4 is 5.57 Å². The number of ether oxygens (including phenoxy) is 1. The summed E-state index contributed by atoms with van der Waals surface area (Å²) in [6, 6.07) is 0.417. The van der Waals surface area contributed by atoms with E-state index in [0.717, 1.165) is 11.1 Å². The standard InChI is InChI=1S/C10H14N2O/c1-7(2)9-5-11-10(12-6-9)13-8(3)4/h5-6,8H,1H2,2-4H3. The van der Waals surface area contributed by atoms with E-state index in [9.17, 15) is 0 Å². The molecule has 0 amide bonds. The van der Waals surface area contributed by atoms with Gasteiger partial charge in [0.1, 0.15) is 0 Å². The third kappa shape index (κ3) is 2.86. The zero-order valence-corrected chi connectivity index (χ0v) is 8.24. The summed E-state index contributed by atoms with van der Waals surface area (Å²) in [5.41, 5.74) is 1.90. The van der Waals surface area contributed by atoms with Gasteiger partial charge < -0.3 is 4.74 Å². The van der Waals surface area contributed by atoms with Gasteiger partial charge in [-0.25, -0.2) is 9.97 Å². The predicted molar refractivity (Wildman–Crippen MR) is 52.5 cm³/mol. The predicted octanol–water partition coefficient (Wildman–Crippen LogP) is 2.30. The van der Waals surface area contributed by atoms with Crippen molar-refractivity contribution in [1.82, 2.24) is 9.97 Å². The summed E-state index contributed by atoms with van der Waals surface area (Å²) < 4.78 is 5.30. The van der Waals surface area contributed by atoms with Gasteiger partial charge in [-0.15, -0.1) is 0 Å². The minimum absolute atomic E-state index is 0.107. The second-order valence-corrected chi connectivity index (χ2v) is 3.20. The number of rotatable bonds is 3. The molecule has 0 saturated carbocycles. The number of nitrogens with zero attached hydrogens (tertiary/aromatic N) is 2. The molecule has 0 atom stereocenters. The van der Waals surface area contributed by atoms with E-state index in [1.807, 2.05) is 20.8 Å². The fourth-order valence-corrected chi connectivity index (χ4v) is 0.808. The van der Waals surface area contributed by atoms with Crippen LogP contribution in [0.2, 0.25) is 0 Å². The number of aromatic nitrogens is 2. The molecule has 0 bridgehead atoms. The van der Waals surface area contributed by atoms with Crippen molar-refractivity contribution in [2.24, 2.45) is 0 Å². The average molecular weight is 178 g/mol. The maximum Gasteiger partial charge on any atom is 0.316 e. The van der Waals surface area contributed by atoms with Gasteiger partial charge in [-0.2, -0.15) is 0 Å². The summed E-state index contributed by atoms with van der Waals surface area (Å²) in [4.78, 5) is 8.09. The highest BCUT2D eigenvalue weighted by Gasteiger charge is 2.00. The fraction of sp³-hybridized carbons (Fsp3) is 0.400. The first-order chi connectivity index (χ1) is 6.09. The van der Waals surface area contributed by atoms with Gasteiger partial charge in [0.05, 0.1) is 6.10 Å². The van der Waals surface area contributed by atoms with Crippen LogP contribution in [0.15, 0.2) is 19.0 Å². The van der Waals surface area contributed by atoms with Crippen LogP contribution in [0.25, 0.3) is 5.57 Å². The summed E-state index contributed by atoms with van der Waals surface area (Å²) in [7, 11) is 0. The first kappa shape index (κ1) is 9.71. The number of hydrogen-bond acceptors (Lipinski definition) is 3. The van der Waals surface area contributed by atoms with Crippen molar-refractivity contribution in [3.63, 3.8) is 0 Å². The third-order valence-corrected chi connectivity index (χ3v) is 1.46. The lowest BCUT2D eigenvalue weighted by molar-refractivity contribution is 0.222. The molecule has 0 aromatic carbocycles. The van der Waals surface area contributed by atoms with Crippen molar-refractivity contribution in [2.75, 3.05) is 0 Å². The Labute approximate surface area is 78.5 Å². The quantitative estimate of drug-likeness (QED) is 0.712. The number of allylic oxidation sites excluding steroid dienone is 1. The van der Waals surface area contributed by atoms with Gasteiger partial charge in [0, 0.05) is 18.0 Å². The molecule has 0 aliphatic rings. The van der Waals surface area contributed by atoms with Gasteiger partial charge >= 0.3 is 6.01 Å². The molecule has 3 nitrogen and oxygen atoms in total. The van der Waals surface area contributed by atoms with E-state index >= 15 is 0 Å². The smallest absolute Gasteiger partial charge is 0.316 e. The first-order valence-electron chi connectivity index (χ1n) is 4.24. The van der Waals surface area contributed by atoms with Crippen LogP contribution < -0.4 is 4.74 Å². The van der Waals surface area contributed by atoms with Gasteiger partial charge in [-0.3, -0.25) is 0 Å². The Bertz CT molecular complexity index is 290. The zero-order valence-electron chi connectivity index (χ0n) is 8.24. The van der Waals surface area contributed by atoms with Crippen LogP contribution in [0.1, 0.15) is 26.3 Å². The van der Waals surface area contributed by atoms with Crippen LogP contribution in [0.5, 0.6) is 6.01 Å². The Kier molecular flexibility index (Phi) is 3.01. The largest absolute Gasteiger partial charge is 0.461 e. The molecule has 0 N–H and O–H groups in total. The van der Waals surface area contributed by atoms with Crippen LogP contribution in [0.4, 0.5) is 0 Å². The van der Waals surface area contributed by atoms with E-state index in [1.54, 1.807) is 12.4 Å². The second-order valence-electron chi connectivity index (χ2n) is 3.20. The third-order valence-electron chi connectivity index (χ3n) is 1.46. The van der Waals surface area contributed by atoms with E-state index in [4.69, 9.17) is 4.74 Å². The lowest BCUT2D eigenvalue weighted by atomic mass is 10.2. The molecule has 1 heterocycles. The fourth-order valence-electron chi connectivity index (χ4n) is 0.808. The zero-order chi connectivity index (χ0) is 9.84. The molecule has 0 aliphatic heterocycles. The minimum atomic E-state index is 0.107. The van der Waals surface area contributed by atoms with Gasteiger partial charge in [0.25, 0.3) is 0 Å². The van der Waals surface area contributed by atoms with Crippen molar-refractivity contribution < 1.29 is 4.74 Å². The molecule has 0 saturated heterocycles. The molecule has 0 spiro atoms. The molecule has 0 aliphatic carbocycles. The van der Waals surface area contributed by atoms with E-state index in [0.29, 0.717) is 6.01 Å². The van der Waals surface area contributed by atoms with E-state index in [1.165, 1.54) is 0 Å². The Balaban J connectivity index is 2.75. The van der Waals surface area contributed by atoms with Crippen LogP contribution in [-0.4, -0.2) is 16.1 Å². The Morgan fingerprint density at radius 1 is 1.38 bits per heavy atom. The normalized spacial score (nSPS) is 10.2. The molecule has 0 radical (unpaired) electrons. The monoisotopic (exact) mass is 178 g/mol. The van der Waals surface area contributed by atoms with E-state index in [2.05, 4.69) is 16.5 Å². The average Bonchev–Trinajstić information content (AvgIpc) is 2.04. The lowest BCUT2D eigenvalue weighted by Gasteiger charge is -2.07. The molecule has 1 aromatic rings. The second kappa shape index (κ2) is 4.03. The number of hydrogen-bond donors (Lipinski definition) is 0. The van der Waals surface area contributed by atoms with E-state index < -0.39 is 0 Å². The van der Waals surface area contributed by atoms with Gasteiger partial charge in [-0.05, 0) is 26.3 Å². The van der Waals surface area contributed by atoms with Gasteiger partial charge in [-0.1, -0.05) is 6.58 Å². The highest BCUT2D eigenvalue weighted by atomic mass is 16.5. The lowest BCUT2D eigenvalue weighted by Crippen LogP contribution is -2.08. The van der Waals surface area contributed by atoms with Crippen molar-refractivity contribution in [3.8, 4) is 6.01 Å². The molecule has 3 heteroatoms. The molecule has 70 valence electrons. The Hall–Kier alpha value is -1.38. The Morgan fingerprint density at radius 3 is 2.31 bits per heavy atom.